The molecule has 20 heavy (non-hydrogen) atoms. The summed E-state index contributed by atoms with van der Waals surface area (Å²) < 4.78 is 5.12. The molecule has 0 aliphatic carbocycles. The lowest BCUT2D eigenvalue weighted by molar-refractivity contribution is 0.414. The molecule has 0 aliphatic heterocycles. The number of rotatable bonds is 6. The van der Waals surface area contributed by atoms with Gasteiger partial charge in [-0.15, -0.1) is 0 Å². The van der Waals surface area contributed by atoms with E-state index in [2.05, 4.69) is 9.97 Å². The van der Waals surface area contributed by atoms with E-state index < -0.39 is 0 Å². The van der Waals surface area contributed by atoms with Gasteiger partial charge in [0.1, 0.15) is 11.6 Å². The van der Waals surface area contributed by atoms with Crippen LogP contribution in [0.5, 0.6) is 5.75 Å². The van der Waals surface area contributed by atoms with Crippen LogP contribution in [0.15, 0.2) is 35.1 Å². The number of aromatic amines is 1. The first-order valence-corrected chi connectivity index (χ1v) is 6.63. The Morgan fingerprint density at radius 2 is 2.05 bits per heavy atom. The molecule has 0 spiro atoms. The fraction of sp³-hybridized carbons (Fsp3) is 0.333. The first-order chi connectivity index (χ1) is 9.71. The number of H-pyrrole nitrogens is 1. The Kier molecular flexibility index (Phi) is 4.90. The molecular weight excluding hydrogens is 254 g/mol. The highest BCUT2D eigenvalue weighted by Crippen LogP contribution is 2.13. The maximum absolute atomic E-state index is 11.6. The normalized spacial score (nSPS) is 10.5. The second-order valence-corrected chi connectivity index (χ2v) is 4.60. The molecule has 1 aromatic carbocycles. The molecule has 0 aliphatic rings. The summed E-state index contributed by atoms with van der Waals surface area (Å²) in [6.07, 6.45) is 2.16. The highest BCUT2D eigenvalue weighted by atomic mass is 16.5. The molecule has 0 saturated heterocycles. The number of aryl methyl sites for hydroxylation is 1. The number of hydrogen-bond donors (Lipinski definition) is 2. The number of benzene rings is 1. The van der Waals surface area contributed by atoms with Crippen molar-refractivity contribution in [1.29, 1.82) is 0 Å². The predicted molar refractivity (Wildman–Crippen MR) is 78.0 cm³/mol. The van der Waals surface area contributed by atoms with Crippen molar-refractivity contribution in [3.05, 3.63) is 57.8 Å². The van der Waals surface area contributed by atoms with E-state index in [1.807, 2.05) is 24.3 Å². The van der Waals surface area contributed by atoms with Crippen molar-refractivity contribution in [2.75, 3.05) is 13.7 Å². The average molecular weight is 273 g/mol. The maximum atomic E-state index is 11.6. The van der Waals surface area contributed by atoms with Crippen molar-refractivity contribution in [2.45, 2.75) is 19.3 Å². The largest absolute Gasteiger partial charge is 0.497 e. The number of nitrogens with one attached hydrogen (secondary N) is 1. The summed E-state index contributed by atoms with van der Waals surface area (Å²) in [5.74, 6) is 1.49. The molecule has 2 aromatic rings. The lowest BCUT2D eigenvalue weighted by Gasteiger charge is -2.05. The Morgan fingerprint density at radius 1 is 1.30 bits per heavy atom. The zero-order valence-corrected chi connectivity index (χ0v) is 11.6. The van der Waals surface area contributed by atoms with Crippen LogP contribution < -0.4 is 16.0 Å². The van der Waals surface area contributed by atoms with Crippen LogP contribution in [-0.2, 0) is 12.8 Å². The second-order valence-electron chi connectivity index (χ2n) is 4.60. The topological polar surface area (TPSA) is 81.0 Å². The predicted octanol–water partition coefficient (Wildman–Crippen LogP) is 1.26. The Bertz CT molecular complexity index is 605. The van der Waals surface area contributed by atoms with Crippen molar-refractivity contribution < 1.29 is 4.74 Å². The van der Waals surface area contributed by atoms with Crippen molar-refractivity contribution >= 4 is 0 Å². The molecule has 0 saturated carbocycles. The van der Waals surface area contributed by atoms with E-state index in [1.54, 1.807) is 7.11 Å². The summed E-state index contributed by atoms with van der Waals surface area (Å²) in [5.41, 5.74) is 7.23. The van der Waals surface area contributed by atoms with Crippen LogP contribution in [-0.4, -0.2) is 23.6 Å². The van der Waals surface area contributed by atoms with Crippen molar-refractivity contribution in [1.82, 2.24) is 9.97 Å². The molecule has 0 radical (unpaired) electrons. The van der Waals surface area contributed by atoms with Crippen LogP contribution in [0.4, 0.5) is 0 Å². The van der Waals surface area contributed by atoms with Crippen LogP contribution in [0.3, 0.4) is 0 Å². The minimum atomic E-state index is -0.115. The molecule has 3 N–H and O–H groups in total. The smallest absolute Gasteiger partial charge is 0.251 e. The number of nitrogens with zero attached hydrogens (tertiary/aromatic N) is 1. The van der Waals surface area contributed by atoms with E-state index in [-0.39, 0.29) is 5.56 Å². The van der Waals surface area contributed by atoms with Gasteiger partial charge in [-0.25, -0.2) is 4.98 Å². The minimum absolute atomic E-state index is 0.115. The minimum Gasteiger partial charge on any atom is -0.497 e. The summed E-state index contributed by atoms with van der Waals surface area (Å²) >= 11 is 0. The van der Waals surface area contributed by atoms with Gasteiger partial charge in [-0.3, -0.25) is 4.79 Å². The summed E-state index contributed by atoms with van der Waals surface area (Å²) in [6.45, 7) is 0.599. The van der Waals surface area contributed by atoms with E-state index >= 15 is 0 Å². The molecule has 0 unspecified atom stereocenters. The molecule has 1 aromatic heterocycles. The van der Waals surface area contributed by atoms with E-state index in [4.69, 9.17) is 10.5 Å². The zero-order chi connectivity index (χ0) is 14.4. The summed E-state index contributed by atoms with van der Waals surface area (Å²) in [6, 6.07) is 9.25. The zero-order valence-electron chi connectivity index (χ0n) is 11.6. The Balaban J connectivity index is 2.15. The third kappa shape index (κ3) is 3.93. The fourth-order valence-electron chi connectivity index (χ4n) is 1.99. The Morgan fingerprint density at radius 3 is 2.70 bits per heavy atom. The van der Waals surface area contributed by atoms with Gasteiger partial charge in [-0.05, 0) is 37.1 Å². The van der Waals surface area contributed by atoms with E-state index in [0.29, 0.717) is 18.8 Å². The highest BCUT2D eigenvalue weighted by molar-refractivity contribution is 5.28. The Labute approximate surface area is 117 Å². The van der Waals surface area contributed by atoms with Crippen molar-refractivity contribution in [3.8, 4) is 5.75 Å². The second kappa shape index (κ2) is 6.86. The average Bonchev–Trinajstić information content (AvgIpc) is 2.45. The van der Waals surface area contributed by atoms with Crippen LogP contribution in [0.2, 0.25) is 0 Å². The lowest BCUT2D eigenvalue weighted by atomic mass is 10.1. The van der Waals surface area contributed by atoms with Gasteiger partial charge in [0.15, 0.2) is 0 Å². The van der Waals surface area contributed by atoms with Gasteiger partial charge >= 0.3 is 0 Å². The van der Waals surface area contributed by atoms with Gasteiger partial charge < -0.3 is 15.5 Å². The van der Waals surface area contributed by atoms with Crippen LogP contribution in [0.1, 0.15) is 23.5 Å². The summed E-state index contributed by atoms with van der Waals surface area (Å²) in [4.78, 5) is 18.9. The first-order valence-electron chi connectivity index (χ1n) is 6.63. The first kappa shape index (κ1) is 14.3. The maximum Gasteiger partial charge on any atom is 0.251 e. The van der Waals surface area contributed by atoms with Crippen LogP contribution >= 0.6 is 0 Å². The van der Waals surface area contributed by atoms with E-state index in [9.17, 15) is 4.79 Å². The molecule has 5 nitrogen and oxygen atoms in total. The van der Waals surface area contributed by atoms with E-state index in [1.165, 1.54) is 6.07 Å². The molecule has 0 fully saturated rings. The standard InChI is InChI=1S/C15H19N3O2/c1-20-13-6-4-11(5-7-13)9-14-17-12(3-2-8-16)10-15(19)18-14/h4-7,10H,2-3,8-9,16H2,1H3,(H,17,18,19). The SMILES string of the molecule is COc1ccc(Cc2nc(CCCN)cc(=O)[nH]2)cc1. The Hall–Kier alpha value is -2.14. The summed E-state index contributed by atoms with van der Waals surface area (Å²) in [5, 5.41) is 0. The van der Waals surface area contributed by atoms with Gasteiger partial charge in [0.05, 0.1) is 7.11 Å². The molecular formula is C15H19N3O2. The van der Waals surface area contributed by atoms with Crippen molar-refractivity contribution in [2.24, 2.45) is 5.73 Å². The highest BCUT2D eigenvalue weighted by Gasteiger charge is 2.03. The van der Waals surface area contributed by atoms with Gasteiger partial charge in [0, 0.05) is 18.2 Å². The van der Waals surface area contributed by atoms with Gasteiger partial charge in [-0.2, -0.15) is 0 Å². The van der Waals surface area contributed by atoms with Gasteiger partial charge in [-0.1, -0.05) is 12.1 Å². The van der Waals surface area contributed by atoms with E-state index in [0.717, 1.165) is 29.8 Å². The molecule has 5 heteroatoms. The third-order valence-electron chi connectivity index (χ3n) is 3.01. The molecule has 2 rings (SSSR count). The number of aromatic nitrogens is 2. The number of nitrogens with two attached hydrogens (primary N) is 1. The third-order valence-corrected chi connectivity index (χ3v) is 3.01. The van der Waals surface area contributed by atoms with Crippen LogP contribution in [0.25, 0.3) is 0 Å². The quantitative estimate of drug-likeness (QED) is 0.830. The van der Waals surface area contributed by atoms with Gasteiger partial charge in [0.2, 0.25) is 0 Å². The number of ether oxygens (including phenoxy) is 1. The molecule has 0 bridgehead atoms. The lowest BCUT2D eigenvalue weighted by Crippen LogP contribution is -2.14. The number of methoxy groups -OCH3 is 1. The monoisotopic (exact) mass is 273 g/mol. The summed E-state index contributed by atoms with van der Waals surface area (Å²) in [7, 11) is 1.63. The van der Waals surface area contributed by atoms with Gasteiger partial charge in [0.25, 0.3) is 5.56 Å². The molecule has 1 heterocycles. The molecule has 0 atom stereocenters. The van der Waals surface area contributed by atoms with Crippen molar-refractivity contribution in [3.63, 3.8) is 0 Å². The fourth-order valence-corrected chi connectivity index (χ4v) is 1.99. The number of hydrogen-bond acceptors (Lipinski definition) is 4. The molecule has 0 amide bonds. The molecule has 106 valence electrons. The van der Waals surface area contributed by atoms with Crippen LogP contribution in [0, 0.1) is 0 Å².